The second-order valence-electron chi connectivity index (χ2n) is 4.88. The summed E-state index contributed by atoms with van der Waals surface area (Å²) in [5.74, 6) is 1.28. The highest BCUT2D eigenvalue weighted by atomic mass is 16.5. The van der Waals surface area contributed by atoms with E-state index in [-0.39, 0.29) is 12.3 Å². The molecule has 0 aliphatic carbocycles. The molecule has 0 fully saturated rings. The molecule has 0 heterocycles. The van der Waals surface area contributed by atoms with Crippen LogP contribution >= 0.6 is 0 Å². The first-order valence-corrected chi connectivity index (χ1v) is 7.17. The Morgan fingerprint density at radius 1 is 1.17 bits per heavy atom. The molecular formula is C18H18N2O3. The predicted molar refractivity (Wildman–Crippen MR) is 87.7 cm³/mol. The number of hydrogen-bond donors (Lipinski definition) is 1. The average molecular weight is 310 g/mol. The highest BCUT2D eigenvalue weighted by Gasteiger charge is 2.10. The maximum Gasteiger partial charge on any atom is 0.224 e. The molecule has 0 saturated heterocycles. The van der Waals surface area contributed by atoms with Crippen LogP contribution in [0.3, 0.4) is 0 Å². The zero-order valence-electron chi connectivity index (χ0n) is 13.1. The molecule has 2 rings (SSSR count). The fourth-order valence-electron chi connectivity index (χ4n) is 2.23. The molecule has 0 aliphatic rings. The van der Waals surface area contributed by atoms with Gasteiger partial charge in [-0.25, -0.2) is 0 Å². The molecular weight excluding hydrogens is 292 g/mol. The van der Waals surface area contributed by atoms with Crippen molar-refractivity contribution in [3.05, 3.63) is 53.6 Å². The summed E-state index contributed by atoms with van der Waals surface area (Å²) in [4.78, 5) is 12.1. The molecule has 5 heteroatoms. The third-order valence-corrected chi connectivity index (χ3v) is 3.43. The first-order chi connectivity index (χ1) is 11.2. The smallest absolute Gasteiger partial charge is 0.224 e. The lowest BCUT2D eigenvalue weighted by Crippen LogP contribution is -2.13. The topological polar surface area (TPSA) is 71.3 Å². The average Bonchev–Trinajstić information content (AvgIpc) is 2.60. The van der Waals surface area contributed by atoms with Gasteiger partial charge in [-0.15, -0.1) is 0 Å². The summed E-state index contributed by atoms with van der Waals surface area (Å²) >= 11 is 0. The number of nitriles is 1. The number of ether oxygens (including phenoxy) is 2. The summed E-state index contributed by atoms with van der Waals surface area (Å²) in [6, 6.07) is 14.5. The molecule has 2 aromatic carbocycles. The van der Waals surface area contributed by atoms with Crippen LogP contribution in [0.15, 0.2) is 42.5 Å². The van der Waals surface area contributed by atoms with Crippen molar-refractivity contribution in [1.29, 1.82) is 5.26 Å². The van der Waals surface area contributed by atoms with Gasteiger partial charge in [0.25, 0.3) is 0 Å². The zero-order chi connectivity index (χ0) is 16.7. The largest absolute Gasteiger partial charge is 0.497 e. The molecule has 0 saturated carbocycles. The molecule has 0 aromatic heterocycles. The minimum Gasteiger partial charge on any atom is -0.497 e. The Balaban J connectivity index is 2.03. The minimum atomic E-state index is -0.155. The van der Waals surface area contributed by atoms with Gasteiger partial charge in [0, 0.05) is 6.42 Å². The van der Waals surface area contributed by atoms with Crippen molar-refractivity contribution < 1.29 is 14.3 Å². The SMILES string of the molecule is COc1ccc(OC)c(CCC(=O)Nc2ccccc2C#N)c1. The standard InChI is InChI=1S/C18H18N2O3/c1-22-15-8-9-17(23-2)13(11-15)7-10-18(21)20-16-6-4-3-5-14(16)12-19/h3-6,8-9,11H,7,10H2,1-2H3,(H,20,21). The predicted octanol–water partition coefficient (Wildman–Crippen LogP) is 3.15. The first-order valence-electron chi connectivity index (χ1n) is 7.17. The van der Waals surface area contributed by atoms with Crippen molar-refractivity contribution in [2.75, 3.05) is 19.5 Å². The minimum absolute atomic E-state index is 0.155. The number of anilines is 1. The van der Waals surface area contributed by atoms with Crippen LogP contribution in [0.5, 0.6) is 11.5 Å². The number of hydrogen-bond acceptors (Lipinski definition) is 4. The van der Waals surface area contributed by atoms with Crippen molar-refractivity contribution in [1.82, 2.24) is 0 Å². The summed E-state index contributed by atoms with van der Waals surface area (Å²) in [6.45, 7) is 0. The maximum atomic E-state index is 12.1. The van der Waals surface area contributed by atoms with Crippen molar-refractivity contribution in [2.45, 2.75) is 12.8 Å². The fourth-order valence-corrected chi connectivity index (χ4v) is 2.23. The van der Waals surface area contributed by atoms with Gasteiger partial charge in [0.2, 0.25) is 5.91 Å². The van der Waals surface area contributed by atoms with Crippen LogP contribution in [0.1, 0.15) is 17.5 Å². The van der Waals surface area contributed by atoms with Crippen molar-refractivity contribution in [2.24, 2.45) is 0 Å². The third kappa shape index (κ3) is 4.24. The van der Waals surface area contributed by atoms with Gasteiger partial charge < -0.3 is 14.8 Å². The van der Waals surface area contributed by atoms with Crippen molar-refractivity contribution in [3.8, 4) is 17.6 Å². The van der Waals surface area contributed by atoms with Crippen LogP contribution in [0, 0.1) is 11.3 Å². The van der Waals surface area contributed by atoms with Gasteiger partial charge in [-0.05, 0) is 42.3 Å². The number of para-hydroxylation sites is 1. The Hall–Kier alpha value is -3.00. The number of benzene rings is 2. The molecule has 5 nitrogen and oxygen atoms in total. The number of amides is 1. The molecule has 23 heavy (non-hydrogen) atoms. The number of nitrogens with one attached hydrogen (secondary N) is 1. The van der Waals surface area contributed by atoms with E-state index in [0.29, 0.717) is 17.7 Å². The van der Waals surface area contributed by atoms with E-state index in [1.807, 2.05) is 18.2 Å². The van der Waals surface area contributed by atoms with Crippen LogP contribution in [-0.4, -0.2) is 20.1 Å². The van der Waals surface area contributed by atoms with Crippen LogP contribution in [0.4, 0.5) is 5.69 Å². The van der Waals surface area contributed by atoms with E-state index in [9.17, 15) is 4.79 Å². The lowest BCUT2D eigenvalue weighted by Gasteiger charge is -2.11. The van der Waals surface area contributed by atoms with E-state index in [0.717, 1.165) is 17.1 Å². The van der Waals surface area contributed by atoms with Crippen LogP contribution in [0.2, 0.25) is 0 Å². The molecule has 118 valence electrons. The number of aryl methyl sites for hydroxylation is 1. The van der Waals surface area contributed by atoms with E-state index in [2.05, 4.69) is 11.4 Å². The van der Waals surface area contributed by atoms with Crippen LogP contribution < -0.4 is 14.8 Å². The Bertz CT molecular complexity index is 735. The van der Waals surface area contributed by atoms with Crippen molar-refractivity contribution in [3.63, 3.8) is 0 Å². The van der Waals surface area contributed by atoms with Crippen molar-refractivity contribution >= 4 is 11.6 Å². The maximum absolute atomic E-state index is 12.1. The van der Waals surface area contributed by atoms with Gasteiger partial charge in [0.05, 0.1) is 25.5 Å². The second-order valence-corrected chi connectivity index (χ2v) is 4.88. The number of carbonyl (C=O) groups is 1. The van der Waals surface area contributed by atoms with E-state index >= 15 is 0 Å². The molecule has 1 N–H and O–H groups in total. The highest BCUT2D eigenvalue weighted by molar-refractivity contribution is 5.92. The Kier molecular flexibility index (Phi) is 5.59. The fraction of sp³-hybridized carbons (Fsp3) is 0.222. The Morgan fingerprint density at radius 3 is 2.65 bits per heavy atom. The Labute approximate surface area is 135 Å². The summed E-state index contributed by atoms with van der Waals surface area (Å²) in [6.07, 6.45) is 0.796. The second kappa shape index (κ2) is 7.85. The lowest BCUT2D eigenvalue weighted by atomic mass is 10.1. The van der Waals surface area contributed by atoms with Crippen LogP contribution in [-0.2, 0) is 11.2 Å². The van der Waals surface area contributed by atoms with E-state index < -0.39 is 0 Å². The Morgan fingerprint density at radius 2 is 1.96 bits per heavy atom. The molecule has 0 spiro atoms. The van der Waals surface area contributed by atoms with E-state index in [4.69, 9.17) is 14.7 Å². The monoisotopic (exact) mass is 310 g/mol. The number of methoxy groups -OCH3 is 2. The quantitative estimate of drug-likeness (QED) is 0.889. The van der Waals surface area contributed by atoms with Gasteiger partial charge in [0.15, 0.2) is 0 Å². The van der Waals surface area contributed by atoms with Crippen LogP contribution in [0.25, 0.3) is 0 Å². The van der Waals surface area contributed by atoms with E-state index in [1.165, 1.54) is 0 Å². The molecule has 0 bridgehead atoms. The van der Waals surface area contributed by atoms with Gasteiger partial charge in [0.1, 0.15) is 17.6 Å². The third-order valence-electron chi connectivity index (χ3n) is 3.43. The van der Waals surface area contributed by atoms with Gasteiger partial charge in [-0.1, -0.05) is 12.1 Å². The molecule has 0 radical (unpaired) electrons. The lowest BCUT2D eigenvalue weighted by molar-refractivity contribution is -0.116. The summed E-state index contributed by atoms with van der Waals surface area (Å²) < 4.78 is 10.5. The highest BCUT2D eigenvalue weighted by Crippen LogP contribution is 2.25. The number of nitrogens with zero attached hydrogens (tertiary/aromatic N) is 1. The first kappa shape index (κ1) is 16.4. The molecule has 0 atom stereocenters. The zero-order valence-corrected chi connectivity index (χ0v) is 13.1. The molecule has 0 aliphatic heterocycles. The summed E-state index contributed by atoms with van der Waals surface area (Å²) in [5, 5.41) is 11.8. The van der Waals surface area contributed by atoms with Gasteiger partial charge in [-0.3, -0.25) is 4.79 Å². The van der Waals surface area contributed by atoms with Gasteiger partial charge >= 0.3 is 0 Å². The summed E-state index contributed by atoms with van der Waals surface area (Å²) in [5.41, 5.74) is 1.87. The summed E-state index contributed by atoms with van der Waals surface area (Å²) in [7, 11) is 3.19. The molecule has 0 unspecified atom stereocenters. The van der Waals surface area contributed by atoms with Gasteiger partial charge in [-0.2, -0.15) is 5.26 Å². The molecule has 2 aromatic rings. The molecule has 1 amide bonds. The van der Waals surface area contributed by atoms with E-state index in [1.54, 1.807) is 38.5 Å². The number of carbonyl (C=O) groups excluding carboxylic acids is 1. The normalized spacial score (nSPS) is 9.78. The number of rotatable bonds is 6.